The highest BCUT2D eigenvalue weighted by Gasteiger charge is 2.25. The van der Waals surface area contributed by atoms with Crippen LogP contribution in [-0.2, 0) is 19.1 Å². The number of aromatic nitrogens is 1. The minimum atomic E-state index is -0.925. The Morgan fingerprint density at radius 1 is 1.24 bits per heavy atom. The highest BCUT2D eigenvalue weighted by molar-refractivity contribution is 6.00. The molecule has 0 fully saturated rings. The average Bonchev–Trinajstić information content (AvgIpc) is 2.56. The first kappa shape index (κ1) is 20.1. The molecule has 0 aromatic carbocycles. The van der Waals surface area contributed by atoms with Crippen molar-refractivity contribution in [2.24, 2.45) is 5.92 Å². The van der Waals surface area contributed by atoms with Crippen LogP contribution >= 0.6 is 0 Å². The predicted molar refractivity (Wildman–Crippen MR) is 88.0 cm³/mol. The second kappa shape index (κ2) is 9.36. The molecular formula is C16H21N3O6. The van der Waals surface area contributed by atoms with Crippen LogP contribution < -0.4 is 15.4 Å². The number of nitrogens with zero attached hydrogens (tertiary/aromatic N) is 1. The summed E-state index contributed by atoms with van der Waals surface area (Å²) < 4.78 is 10.0. The molecule has 0 saturated carbocycles. The SMILES string of the molecule is CCOC(=O)C(C)NC(=O)c1nccc(NC=O)c1OC(=O)C(C)C. The Morgan fingerprint density at radius 2 is 1.92 bits per heavy atom. The van der Waals surface area contributed by atoms with E-state index in [9.17, 15) is 19.2 Å². The number of anilines is 1. The molecule has 0 saturated heterocycles. The van der Waals surface area contributed by atoms with Crippen LogP contribution in [0, 0.1) is 5.92 Å². The molecule has 0 aliphatic heterocycles. The molecule has 0 aliphatic carbocycles. The largest absolute Gasteiger partial charge is 0.464 e. The lowest BCUT2D eigenvalue weighted by Crippen LogP contribution is -2.40. The van der Waals surface area contributed by atoms with Crippen molar-refractivity contribution in [1.29, 1.82) is 0 Å². The van der Waals surface area contributed by atoms with Gasteiger partial charge >= 0.3 is 11.9 Å². The first-order chi connectivity index (χ1) is 11.8. The van der Waals surface area contributed by atoms with Gasteiger partial charge in [0.1, 0.15) is 6.04 Å². The van der Waals surface area contributed by atoms with Crippen LogP contribution in [0.2, 0.25) is 0 Å². The van der Waals surface area contributed by atoms with Crippen LogP contribution in [0.5, 0.6) is 5.75 Å². The molecule has 1 unspecified atom stereocenters. The van der Waals surface area contributed by atoms with E-state index in [1.807, 2.05) is 0 Å². The fourth-order valence-corrected chi connectivity index (χ4v) is 1.70. The van der Waals surface area contributed by atoms with Crippen molar-refractivity contribution in [2.45, 2.75) is 33.7 Å². The van der Waals surface area contributed by atoms with Crippen LogP contribution in [0.25, 0.3) is 0 Å². The zero-order valence-electron chi connectivity index (χ0n) is 14.5. The fourth-order valence-electron chi connectivity index (χ4n) is 1.70. The highest BCUT2D eigenvalue weighted by atomic mass is 16.5. The lowest BCUT2D eigenvalue weighted by atomic mass is 10.2. The Hall–Kier alpha value is -2.97. The molecule has 1 aromatic heterocycles. The summed E-state index contributed by atoms with van der Waals surface area (Å²) in [5, 5.41) is 4.75. The van der Waals surface area contributed by atoms with Crippen LogP contribution in [0.4, 0.5) is 5.69 Å². The molecule has 2 N–H and O–H groups in total. The molecule has 9 nitrogen and oxygen atoms in total. The summed E-state index contributed by atoms with van der Waals surface area (Å²) in [6, 6.07) is 0.452. The summed E-state index contributed by atoms with van der Waals surface area (Å²) in [4.78, 5) is 50.5. The smallest absolute Gasteiger partial charge is 0.328 e. The fraction of sp³-hybridized carbons (Fsp3) is 0.438. The van der Waals surface area contributed by atoms with Gasteiger partial charge in [-0.05, 0) is 19.9 Å². The maximum atomic E-state index is 12.4. The Kier molecular flexibility index (Phi) is 7.51. The Labute approximate surface area is 145 Å². The monoisotopic (exact) mass is 351 g/mol. The third kappa shape index (κ3) is 5.55. The number of esters is 2. The maximum absolute atomic E-state index is 12.4. The Morgan fingerprint density at radius 3 is 2.48 bits per heavy atom. The van der Waals surface area contributed by atoms with Crippen molar-refractivity contribution in [3.05, 3.63) is 18.0 Å². The van der Waals surface area contributed by atoms with Crippen molar-refractivity contribution in [1.82, 2.24) is 10.3 Å². The second-order valence-electron chi connectivity index (χ2n) is 5.32. The molecule has 0 radical (unpaired) electrons. The topological polar surface area (TPSA) is 124 Å². The van der Waals surface area contributed by atoms with Crippen molar-refractivity contribution >= 4 is 29.9 Å². The summed E-state index contributed by atoms with van der Waals surface area (Å²) in [6.45, 7) is 6.50. The van der Waals surface area contributed by atoms with Crippen molar-refractivity contribution in [3.8, 4) is 5.75 Å². The van der Waals surface area contributed by atoms with E-state index in [2.05, 4.69) is 15.6 Å². The van der Waals surface area contributed by atoms with E-state index in [1.165, 1.54) is 19.2 Å². The Bertz CT molecular complexity index is 659. The third-order valence-electron chi connectivity index (χ3n) is 3.00. The zero-order chi connectivity index (χ0) is 19.0. The molecule has 25 heavy (non-hydrogen) atoms. The number of rotatable bonds is 8. The highest BCUT2D eigenvalue weighted by Crippen LogP contribution is 2.28. The molecule has 9 heteroatoms. The molecule has 1 heterocycles. The number of amides is 2. The standard InChI is InChI=1S/C16H21N3O6/c1-5-24-16(23)10(4)19-14(21)12-13(25-15(22)9(2)3)11(18-8-20)6-7-17-12/h6-10H,5H2,1-4H3,(H,19,21)(H,17,18,20). The summed E-state index contributed by atoms with van der Waals surface area (Å²) in [7, 11) is 0. The third-order valence-corrected chi connectivity index (χ3v) is 3.00. The van der Waals surface area contributed by atoms with Crippen molar-refractivity contribution < 1.29 is 28.7 Å². The number of hydrogen-bond acceptors (Lipinski definition) is 7. The van der Waals surface area contributed by atoms with Gasteiger partial charge < -0.3 is 20.1 Å². The number of carbonyl (C=O) groups is 4. The van der Waals surface area contributed by atoms with Gasteiger partial charge in [0.2, 0.25) is 6.41 Å². The van der Waals surface area contributed by atoms with Crippen molar-refractivity contribution in [3.63, 3.8) is 0 Å². The first-order valence-corrected chi connectivity index (χ1v) is 7.70. The number of nitrogens with one attached hydrogen (secondary N) is 2. The summed E-state index contributed by atoms with van der Waals surface area (Å²) >= 11 is 0. The van der Waals surface area contributed by atoms with Crippen LogP contribution in [-0.4, -0.2) is 41.9 Å². The van der Waals surface area contributed by atoms with Gasteiger partial charge in [0, 0.05) is 6.20 Å². The lowest BCUT2D eigenvalue weighted by molar-refractivity contribution is -0.145. The van der Waals surface area contributed by atoms with Gasteiger partial charge in [0.25, 0.3) is 5.91 Å². The molecule has 2 amide bonds. The van der Waals surface area contributed by atoms with Gasteiger partial charge in [0.05, 0.1) is 18.2 Å². The van der Waals surface area contributed by atoms with Gasteiger partial charge in [-0.15, -0.1) is 0 Å². The molecule has 0 aliphatic rings. The van der Waals surface area contributed by atoms with E-state index >= 15 is 0 Å². The lowest BCUT2D eigenvalue weighted by Gasteiger charge is -2.16. The van der Waals surface area contributed by atoms with E-state index in [0.29, 0.717) is 6.41 Å². The minimum Gasteiger partial charge on any atom is -0.464 e. The number of hydrogen-bond donors (Lipinski definition) is 2. The normalized spacial score (nSPS) is 11.4. The van der Waals surface area contributed by atoms with Gasteiger partial charge in [-0.1, -0.05) is 13.8 Å². The average molecular weight is 351 g/mol. The first-order valence-electron chi connectivity index (χ1n) is 7.70. The molecule has 136 valence electrons. The summed E-state index contributed by atoms with van der Waals surface area (Å²) in [6.07, 6.45) is 1.65. The molecule has 1 atom stereocenters. The van der Waals surface area contributed by atoms with E-state index < -0.39 is 29.8 Å². The molecular weight excluding hydrogens is 330 g/mol. The molecule has 0 bridgehead atoms. The van der Waals surface area contributed by atoms with Crippen LogP contribution in [0.3, 0.4) is 0 Å². The Balaban J connectivity index is 3.13. The van der Waals surface area contributed by atoms with Gasteiger partial charge in [0.15, 0.2) is 11.4 Å². The van der Waals surface area contributed by atoms with E-state index in [1.54, 1.807) is 20.8 Å². The maximum Gasteiger partial charge on any atom is 0.328 e. The van der Waals surface area contributed by atoms with E-state index in [-0.39, 0.29) is 23.7 Å². The van der Waals surface area contributed by atoms with Crippen LogP contribution in [0.1, 0.15) is 38.2 Å². The number of carbonyl (C=O) groups excluding carboxylic acids is 4. The van der Waals surface area contributed by atoms with E-state index in [0.717, 1.165) is 0 Å². The number of pyridine rings is 1. The quantitative estimate of drug-likeness (QED) is 0.526. The van der Waals surface area contributed by atoms with Gasteiger partial charge in [-0.25, -0.2) is 9.78 Å². The summed E-state index contributed by atoms with van der Waals surface area (Å²) in [5.41, 5.74) is -0.134. The zero-order valence-corrected chi connectivity index (χ0v) is 14.5. The van der Waals surface area contributed by atoms with Crippen molar-refractivity contribution in [2.75, 3.05) is 11.9 Å². The number of ether oxygens (including phenoxy) is 2. The minimum absolute atomic E-state index is 0.105. The van der Waals surface area contributed by atoms with Gasteiger partial charge in [-0.3, -0.25) is 14.4 Å². The summed E-state index contributed by atoms with van der Waals surface area (Å²) in [5.74, 6) is -2.62. The molecule has 0 spiro atoms. The van der Waals surface area contributed by atoms with Gasteiger partial charge in [-0.2, -0.15) is 0 Å². The second-order valence-corrected chi connectivity index (χ2v) is 5.32. The molecule has 1 aromatic rings. The van der Waals surface area contributed by atoms with Crippen LogP contribution in [0.15, 0.2) is 12.3 Å². The predicted octanol–water partition coefficient (Wildman–Crippen LogP) is 0.893. The van der Waals surface area contributed by atoms with E-state index in [4.69, 9.17) is 9.47 Å². The molecule has 1 rings (SSSR count).